The molecule has 2 aromatic carbocycles. The molecule has 2 aromatic rings. The lowest BCUT2D eigenvalue weighted by atomic mass is 10.1. The van der Waals surface area contributed by atoms with Gasteiger partial charge in [0.25, 0.3) is 5.91 Å². The second-order valence-electron chi connectivity index (χ2n) is 8.92. The highest BCUT2D eigenvalue weighted by atomic mass is 16.5. The van der Waals surface area contributed by atoms with Crippen LogP contribution in [0.5, 0.6) is 5.75 Å². The van der Waals surface area contributed by atoms with E-state index in [9.17, 15) is 9.59 Å². The Balaban J connectivity index is 2.20. The molecule has 0 heterocycles. The van der Waals surface area contributed by atoms with Crippen LogP contribution in [-0.4, -0.2) is 34.9 Å². The molecule has 0 unspecified atom stereocenters. The molecule has 1 N–H and O–H groups in total. The Morgan fingerprint density at radius 2 is 1.70 bits per heavy atom. The molecule has 162 valence electrons. The fraction of sp³-hybridized carbons (Fsp3) is 0.440. The van der Waals surface area contributed by atoms with Gasteiger partial charge < -0.3 is 15.0 Å². The molecule has 0 radical (unpaired) electrons. The number of nitrogens with zero attached hydrogens (tertiary/aromatic N) is 1. The molecular weight excluding hydrogens is 376 g/mol. The van der Waals surface area contributed by atoms with Crippen molar-refractivity contribution < 1.29 is 14.3 Å². The summed E-state index contributed by atoms with van der Waals surface area (Å²) in [4.78, 5) is 27.5. The van der Waals surface area contributed by atoms with Crippen LogP contribution in [-0.2, 0) is 16.1 Å². The number of hydrogen-bond acceptors (Lipinski definition) is 3. The van der Waals surface area contributed by atoms with Crippen molar-refractivity contribution in [2.24, 2.45) is 0 Å². The van der Waals surface area contributed by atoms with E-state index in [0.717, 1.165) is 22.3 Å². The van der Waals surface area contributed by atoms with Crippen molar-refractivity contribution in [3.8, 4) is 5.75 Å². The minimum Gasteiger partial charge on any atom is -0.483 e. The van der Waals surface area contributed by atoms with Crippen molar-refractivity contribution in [2.45, 2.75) is 66.6 Å². The average molecular weight is 411 g/mol. The SMILES string of the molecule is Cc1cc(C)c(C)c(OCC(=O)N(Cc2ccccc2)[C@H](C)C(=O)NC(C)(C)C)c1. The Morgan fingerprint density at radius 1 is 1.07 bits per heavy atom. The summed E-state index contributed by atoms with van der Waals surface area (Å²) >= 11 is 0. The van der Waals surface area contributed by atoms with Gasteiger partial charge in [-0.3, -0.25) is 9.59 Å². The summed E-state index contributed by atoms with van der Waals surface area (Å²) in [5.41, 5.74) is 3.81. The maximum Gasteiger partial charge on any atom is 0.261 e. The van der Waals surface area contributed by atoms with Crippen LogP contribution < -0.4 is 10.1 Å². The van der Waals surface area contributed by atoms with E-state index in [1.165, 1.54) is 0 Å². The molecule has 0 aliphatic rings. The highest BCUT2D eigenvalue weighted by Gasteiger charge is 2.28. The van der Waals surface area contributed by atoms with Gasteiger partial charge in [0.05, 0.1) is 0 Å². The van der Waals surface area contributed by atoms with Gasteiger partial charge in [-0.1, -0.05) is 36.4 Å². The lowest BCUT2D eigenvalue weighted by molar-refractivity contribution is -0.142. The Bertz CT molecular complexity index is 885. The average Bonchev–Trinajstić information content (AvgIpc) is 2.66. The molecule has 0 spiro atoms. The Labute approximate surface area is 180 Å². The molecule has 0 bridgehead atoms. The summed E-state index contributed by atoms with van der Waals surface area (Å²) in [6.07, 6.45) is 0. The molecule has 5 heteroatoms. The number of rotatable bonds is 7. The van der Waals surface area contributed by atoms with E-state index in [4.69, 9.17) is 4.74 Å². The summed E-state index contributed by atoms with van der Waals surface area (Å²) in [6, 6.07) is 13.1. The molecule has 5 nitrogen and oxygen atoms in total. The predicted octanol–water partition coefficient (Wildman–Crippen LogP) is 4.32. The Morgan fingerprint density at radius 3 is 2.30 bits per heavy atom. The first kappa shape index (κ1) is 23.5. The summed E-state index contributed by atoms with van der Waals surface area (Å²) in [5, 5.41) is 2.96. The zero-order valence-corrected chi connectivity index (χ0v) is 19.2. The van der Waals surface area contributed by atoms with Crippen LogP contribution in [0, 0.1) is 20.8 Å². The number of benzene rings is 2. The third kappa shape index (κ3) is 6.61. The number of carbonyl (C=O) groups is 2. The van der Waals surface area contributed by atoms with Crippen LogP contribution in [0.25, 0.3) is 0 Å². The molecule has 0 aliphatic heterocycles. The van der Waals surface area contributed by atoms with Crippen molar-refractivity contribution in [1.29, 1.82) is 0 Å². The lowest BCUT2D eigenvalue weighted by Gasteiger charge is -2.31. The van der Waals surface area contributed by atoms with Gasteiger partial charge in [-0.2, -0.15) is 0 Å². The van der Waals surface area contributed by atoms with Gasteiger partial charge in [-0.25, -0.2) is 0 Å². The Kier molecular flexibility index (Phi) is 7.65. The number of carbonyl (C=O) groups excluding carboxylic acids is 2. The van der Waals surface area contributed by atoms with Gasteiger partial charge in [0.15, 0.2) is 6.61 Å². The first-order chi connectivity index (χ1) is 14.0. The molecule has 1 atom stereocenters. The largest absolute Gasteiger partial charge is 0.483 e. The zero-order valence-electron chi connectivity index (χ0n) is 19.2. The second kappa shape index (κ2) is 9.79. The molecule has 0 saturated heterocycles. The van der Waals surface area contributed by atoms with Gasteiger partial charge in [0, 0.05) is 12.1 Å². The molecule has 30 heavy (non-hydrogen) atoms. The second-order valence-corrected chi connectivity index (χ2v) is 8.92. The summed E-state index contributed by atoms with van der Waals surface area (Å²) in [7, 11) is 0. The third-order valence-corrected chi connectivity index (χ3v) is 4.98. The maximum atomic E-state index is 13.1. The smallest absolute Gasteiger partial charge is 0.261 e. The van der Waals surface area contributed by atoms with E-state index < -0.39 is 6.04 Å². The van der Waals surface area contributed by atoms with Crippen molar-refractivity contribution in [3.63, 3.8) is 0 Å². The number of amides is 2. The molecule has 0 fully saturated rings. The summed E-state index contributed by atoms with van der Waals surface area (Å²) in [6.45, 7) is 13.8. The fourth-order valence-corrected chi connectivity index (χ4v) is 3.21. The molecule has 2 rings (SSSR count). The number of ether oxygens (including phenoxy) is 1. The summed E-state index contributed by atoms with van der Waals surface area (Å²) in [5.74, 6) is 0.288. The molecule has 0 aliphatic carbocycles. The maximum absolute atomic E-state index is 13.1. The third-order valence-electron chi connectivity index (χ3n) is 4.98. The normalized spacial score (nSPS) is 12.2. The standard InChI is InChI=1S/C25H34N2O3/c1-17-13-18(2)19(3)22(14-17)30-16-23(28)27(15-21-11-9-8-10-12-21)20(4)24(29)26-25(5,6)7/h8-14,20H,15-16H2,1-7H3,(H,26,29)/t20-/m1/s1. The zero-order chi connectivity index (χ0) is 22.5. The highest BCUT2D eigenvalue weighted by molar-refractivity contribution is 5.88. The first-order valence-electron chi connectivity index (χ1n) is 10.3. The van der Waals surface area contributed by atoms with Crippen molar-refractivity contribution >= 4 is 11.8 Å². The number of aryl methyl sites for hydroxylation is 2. The van der Waals surface area contributed by atoms with Crippen LogP contribution >= 0.6 is 0 Å². The van der Waals surface area contributed by atoms with Gasteiger partial charge in [-0.05, 0) is 76.8 Å². The van der Waals surface area contributed by atoms with Crippen LogP contribution in [0.1, 0.15) is 49.9 Å². The summed E-state index contributed by atoms with van der Waals surface area (Å²) < 4.78 is 5.89. The lowest BCUT2D eigenvalue weighted by Crippen LogP contribution is -2.53. The molecular formula is C25H34N2O3. The number of nitrogens with one attached hydrogen (secondary N) is 1. The van der Waals surface area contributed by atoms with Crippen molar-refractivity contribution in [2.75, 3.05) is 6.61 Å². The predicted molar refractivity (Wildman–Crippen MR) is 120 cm³/mol. The quantitative estimate of drug-likeness (QED) is 0.739. The van der Waals surface area contributed by atoms with E-state index in [1.807, 2.05) is 77.9 Å². The van der Waals surface area contributed by atoms with Gasteiger partial charge in [0.2, 0.25) is 5.91 Å². The van der Waals surface area contributed by atoms with Crippen LogP contribution in [0.4, 0.5) is 0 Å². The van der Waals surface area contributed by atoms with E-state index in [2.05, 4.69) is 11.4 Å². The van der Waals surface area contributed by atoms with Crippen molar-refractivity contribution in [3.05, 3.63) is 64.7 Å². The van der Waals surface area contributed by atoms with E-state index in [-0.39, 0.29) is 24.0 Å². The fourth-order valence-electron chi connectivity index (χ4n) is 3.21. The first-order valence-corrected chi connectivity index (χ1v) is 10.3. The molecule has 0 saturated carbocycles. The van der Waals surface area contributed by atoms with E-state index in [1.54, 1.807) is 11.8 Å². The van der Waals surface area contributed by atoms with Crippen LogP contribution in [0.3, 0.4) is 0 Å². The van der Waals surface area contributed by atoms with E-state index >= 15 is 0 Å². The molecule has 0 aromatic heterocycles. The monoisotopic (exact) mass is 410 g/mol. The highest BCUT2D eigenvalue weighted by Crippen LogP contribution is 2.23. The van der Waals surface area contributed by atoms with Gasteiger partial charge in [0.1, 0.15) is 11.8 Å². The van der Waals surface area contributed by atoms with Crippen LogP contribution in [0.2, 0.25) is 0 Å². The van der Waals surface area contributed by atoms with Gasteiger partial charge in [-0.15, -0.1) is 0 Å². The van der Waals surface area contributed by atoms with Crippen molar-refractivity contribution in [1.82, 2.24) is 10.2 Å². The number of hydrogen-bond donors (Lipinski definition) is 1. The Hall–Kier alpha value is -2.82. The minimum atomic E-state index is -0.624. The van der Waals surface area contributed by atoms with E-state index in [0.29, 0.717) is 12.3 Å². The van der Waals surface area contributed by atoms with Gasteiger partial charge >= 0.3 is 0 Å². The van der Waals surface area contributed by atoms with Crippen LogP contribution in [0.15, 0.2) is 42.5 Å². The molecule has 2 amide bonds. The minimum absolute atomic E-state index is 0.121. The topological polar surface area (TPSA) is 58.6 Å².